The maximum Gasteiger partial charge on any atom is 0.276 e. The molecular weight excluding hydrogens is 294 g/mol. The molecule has 0 unspecified atom stereocenters. The largest absolute Gasteiger partial charge is 0.438 e. The Labute approximate surface area is 124 Å². The van der Waals surface area contributed by atoms with E-state index < -0.39 is 4.92 Å². The fourth-order valence-electron chi connectivity index (χ4n) is 1.65. The summed E-state index contributed by atoms with van der Waals surface area (Å²) >= 11 is 1.33. The van der Waals surface area contributed by atoms with E-state index in [-0.39, 0.29) is 11.6 Å². The van der Waals surface area contributed by atoms with Gasteiger partial charge in [0.25, 0.3) is 5.69 Å². The Bertz CT molecular complexity index is 658. The molecule has 0 spiro atoms. The monoisotopic (exact) mass is 307 g/mol. The Hall–Kier alpha value is -2.39. The third-order valence-corrected chi connectivity index (χ3v) is 3.23. The Morgan fingerprint density at radius 2 is 2.19 bits per heavy atom. The van der Waals surface area contributed by atoms with Crippen molar-refractivity contribution >= 4 is 23.3 Å². The maximum atomic E-state index is 10.9. The molecule has 1 heterocycles. The highest BCUT2D eigenvalue weighted by Gasteiger charge is 2.15. The number of nitro groups is 1. The molecule has 0 bridgehead atoms. The second-order valence-corrected chi connectivity index (χ2v) is 4.76. The molecule has 3 N–H and O–H groups in total. The number of aromatic nitrogens is 2. The number of hydrogen-bond acceptors (Lipinski definition) is 8. The second kappa shape index (κ2) is 6.37. The second-order valence-electron chi connectivity index (χ2n) is 3.98. The molecule has 110 valence electrons. The zero-order chi connectivity index (χ0) is 15.4. The summed E-state index contributed by atoms with van der Waals surface area (Å²) in [6, 6.07) is 6.12. The summed E-state index contributed by atoms with van der Waals surface area (Å²) < 4.78 is 5.62. The minimum absolute atomic E-state index is 0.0104. The van der Waals surface area contributed by atoms with Gasteiger partial charge < -0.3 is 10.2 Å². The molecule has 0 saturated carbocycles. The third kappa shape index (κ3) is 3.38. The lowest BCUT2D eigenvalue weighted by Gasteiger charge is -2.10. The quantitative estimate of drug-likeness (QED) is 0.284. The zero-order valence-electron chi connectivity index (χ0n) is 11.4. The minimum Gasteiger partial charge on any atom is -0.438 e. The molecular formula is C12H13N5O3S. The van der Waals surface area contributed by atoms with Gasteiger partial charge in [-0.05, 0) is 19.2 Å². The number of nitrogen functional groups attached to an aromatic ring is 1. The Morgan fingerprint density at radius 1 is 1.43 bits per heavy atom. The van der Waals surface area contributed by atoms with Crippen LogP contribution in [0, 0.1) is 17.0 Å². The van der Waals surface area contributed by atoms with E-state index in [4.69, 9.17) is 10.6 Å². The van der Waals surface area contributed by atoms with E-state index in [1.54, 1.807) is 19.1 Å². The fourth-order valence-corrected chi connectivity index (χ4v) is 2.02. The summed E-state index contributed by atoms with van der Waals surface area (Å²) in [5, 5.41) is 11.4. The molecule has 0 aliphatic carbocycles. The van der Waals surface area contributed by atoms with Crippen LogP contribution in [-0.4, -0.2) is 21.1 Å². The smallest absolute Gasteiger partial charge is 0.276 e. The SMILES string of the molecule is CSc1nc(NN)cc(Oc2cccc([N+](=O)[O-])c2C)n1. The molecule has 0 fully saturated rings. The van der Waals surface area contributed by atoms with Gasteiger partial charge in [0.2, 0.25) is 5.88 Å². The van der Waals surface area contributed by atoms with Gasteiger partial charge in [0.05, 0.1) is 10.5 Å². The first-order chi connectivity index (χ1) is 10.0. The van der Waals surface area contributed by atoms with Gasteiger partial charge in [-0.2, -0.15) is 4.98 Å². The molecule has 0 atom stereocenters. The van der Waals surface area contributed by atoms with Crippen LogP contribution in [0.25, 0.3) is 0 Å². The Kier molecular flexibility index (Phi) is 4.55. The van der Waals surface area contributed by atoms with Crippen LogP contribution in [0.1, 0.15) is 5.56 Å². The summed E-state index contributed by atoms with van der Waals surface area (Å²) in [5.74, 6) is 6.35. The van der Waals surface area contributed by atoms with Gasteiger partial charge >= 0.3 is 0 Å². The maximum absolute atomic E-state index is 10.9. The van der Waals surface area contributed by atoms with Crippen LogP contribution in [0.2, 0.25) is 0 Å². The van der Waals surface area contributed by atoms with Gasteiger partial charge in [-0.25, -0.2) is 10.8 Å². The summed E-state index contributed by atoms with van der Waals surface area (Å²) in [6.45, 7) is 1.62. The molecule has 0 amide bonds. The number of nitrogens with two attached hydrogens (primary N) is 1. The Balaban J connectivity index is 2.38. The molecule has 8 nitrogen and oxygen atoms in total. The molecule has 21 heavy (non-hydrogen) atoms. The van der Waals surface area contributed by atoms with Crippen LogP contribution in [0.3, 0.4) is 0 Å². The molecule has 0 aliphatic heterocycles. The lowest BCUT2D eigenvalue weighted by molar-refractivity contribution is -0.385. The highest BCUT2D eigenvalue weighted by atomic mass is 32.2. The van der Waals surface area contributed by atoms with Gasteiger partial charge in [-0.1, -0.05) is 17.8 Å². The predicted molar refractivity (Wildman–Crippen MR) is 79.5 cm³/mol. The molecule has 2 rings (SSSR count). The van der Waals surface area contributed by atoms with Crippen molar-refractivity contribution < 1.29 is 9.66 Å². The van der Waals surface area contributed by atoms with Gasteiger partial charge in [0.1, 0.15) is 11.6 Å². The molecule has 1 aromatic carbocycles. The summed E-state index contributed by atoms with van der Waals surface area (Å²) in [6.07, 6.45) is 1.82. The van der Waals surface area contributed by atoms with Crippen LogP contribution >= 0.6 is 11.8 Å². The van der Waals surface area contributed by atoms with E-state index in [9.17, 15) is 10.1 Å². The van der Waals surface area contributed by atoms with E-state index in [1.165, 1.54) is 23.9 Å². The van der Waals surface area contributed by atoms with Crippen LogP contribution < -0.4 is 16.0 Å². The summed E-state index contributed by atoms with van der Waals surface area (Å²) in [7, 11) is 0. The minimum atomic E-state index is -0.456. The number of nitro benzene ring substituents is 1. The first-order valence-corrected chi connectivity index (χ1v) is 7.09. The predicted octanol–water partition coefficient (Wildman–Crippen LogP) is 2.49. The number of rotatable bonds is 5. The van der Waals surface area contributed by atoms with Gasteiger partial charge in [-0.3, -0.25) is 10.1 Å². The highest BCUT2D eigenvalue weighted by Crippen LogP contribution is 2.31. The third-order valence-electron chi connectivity index (χ3n) is 2.68. The molecule has 0 aliphatic rings. The van der Waals surface area contributed by atoms with Crippen LogP contribution in [-0.2, 0) is 0 Å². The van der Waals surface area contributed by atoms with E-state index in [1.807, 2.05) is 6.26 Å². The van der Waals surface area contributed by atoms with Crippen molar-refractivity contribution in [3.8, 4) is 11.6 Å². The van der Waals surface area contributed by atoms with Crippen molar-refractivity contribution in [1.82, 2.24) is 9.97 Å². The van der Waals surface area contributed by atoms with Crippen molar-refractivity contribution in [3.63, 3.8) is 0 Å². The number of benzene rings is 1. The lowest BCUT2D eigenvalue weighted by Crippen LogP contribution is -2.09. The number of nitrogens with one attached hydrogen (secondary N) is 1. The summed E-state index contributed by atoms with van der Waals surface area (Å²) in [5.41, 5.74) is 2.83. The van der Waals surface area contributed by atoms with Crippen molar-refractivity contribution in [1.29, 1.82) is 0 Å². The highest BCUT2D eigenvalue weighted by molar-refractivity contribution is 7.98. The molecule has 0 radical (unpaired) electrons. The van der Waals surface area contributed by atoms with Crippen LogP contribution in [0.4, 0.5) is 11.5 Å². The van der Waals surface area contributed by atoms with Crippen molar-refractivity contribution in [3.05, 3.63) is 39.9 Å². The van der Waals surface area contributed by atoms with Gasteiger partial charge in [0, 0.05) is 12.1 Å². The number of ether oxygens (including phenoxy) is 1. The molecule has 1 aromatic heterocycles. The van der Waals surface area contributed by atoms with E-state index in [2.05, 4.69) is 15.4 Å². The Morgan fingerprint density at radius 3 is 2.81 bits per heavy atom. The summed E-state index contributed by atoms with van der Waals surface area (Å²) in [4.78, 5) is 18.7. The van der Waals surface area contributed by atoms with Crippen molar-refractivity contribution in [2.45, 2.75) is 12.1 Å². The standard InChI is InChI=1S/C12H13N5O3S/c1-7-8(17(18)19)4-3-5-9(7)20-11-6-10(16-13)14-12(15-11)21-2/h3-6H,13H2,1-2H3,(H,14,15,16). The van der Waals surface area contributed by atoms with Crippen molar-refractivity contribution in [2.75, 3.05) is 11.7 Å². The van der Waals surface area contributed by atoms with E-state index in [0.29, 0.717) is 22.3 Å². The number of nitrogens with zero attached hydrogens (tertiary/aromatic N) is 3. The topological polar surface area (TPSA) is 116 Å². The number of hydrogen-bond donors (Lipinski definition) is 2. The number of anilines is 1. The van der Waals surface area contributed by atoms with E-state index >= 15 is 0 Å². The molecule has 2 aromatic rings. The first kappa shape index (κ1) is 15.0. The fraction of sp³-hybridized carbons (Fsp3) is 0.167. The normalized spacial score (nSPS) is 10.2. The van der Waals surface area contributed by atoms with E-state index in [0.717, 1.165) is 0 Å². The lowest BCUT2D eigenvalue weighted by atomic mass is 10.2. The average Bonchev–Trinajstić information content (AvgIpc) is 2.48. The molecule has 9 heteroatoms. The zero-order valence-corrected chi connectivity index (χ0v) is 12.2. The van der Waals surface area contributed by atoms with Crippen molar-refractivity contribution in [2.24, 2.45) is 5.84 Å². The van der Waals surface area contributed by atoms with Gasteiger partial charge in [0.15, 0.2) is 5.16 Å². The van der Waals surface area contributed by atoms with Gasteiger partial charge in [-0.15, -0.1) is 0 Å². The van der Waals surface area contributed by atoms with Crippen LogP contribution in [0.15, 0.2) is 29.4 Å². The number of thioether (sulfide) groups is 1. The van der Waals surface area contributed by atoms with Crippen LogP contribution in [0.5, 0.6) is 11.6 Å². The number of hydrazine groups is 1. The average molecular weight is 307 g/mol. The molecule has 0 saturated heterocycles. The first-order valence-electron chi connectivity index (χ1n) is 5.86.